The van der Waals surface area contributed by atoms with E-state index in [-0.39, 0.29) is 6.10 Å². The summed E-state index contributed by atoms with van der Waals surface area (Å²) in [5.74, 6) is -1.82. The summed E-state index contributed by atoms with van der Waals surface area (Å²) in [7, 11) is 0. The molecular weight excluding hydrogens is 258 g/mol. The van der Waals surface area contributed by atoms with E-state index in [2.05, 4.69) is 11.1 Å². The first-order chi connectivity index (χ1) is 9.63. The second-order valence-electron chi connectivity index (χ2n) is 5.05. The smallest absolute Gasteiger partial charge is 0.317 e. The molecule has 20 heavy (non-hydrogen) atoms. The number of ether oxygens (including phenoxy) is 1. The number of aryl methyl sites for hydroxylation is 1. The molecular formula is C15H15NO4. The van der Waals surface area contributed by atoms with E-state index in [1.165, 1.54) is 10.9 Å². The summed E-state index contributed by atoms with van der Waals surface area (Å²) < 4.78 is 5.22. The van der Waals surface area contributed by atoms with Crippen molar-refractivity contribution in [2.75, 3.05) is 0 Å². The van der Waals surface area contributed by atoms with Gasteiger partial charge in [-0.2, -0.15) is 0 Å². The summed E-state index contributed by atoms with van der Waals surface area (Å²) in [5.41, 5.74) is 3.46. The maximum atomic E-state index is 11.4. The van der Waals surface area contributed by atoms with Crippen LogP contribution in [0.15, 0.2) is 24.3 Å². The molecule has 1 aliphatic rings. The molecule has 104 valence electrons. The topological polar surface area (TPSA) is 79.4 Å². The zero-order valence-electron chi connectivity index (χ0n) is 10.9. The Hall–Kier alpha value is -2.30. The van der Waals surface area contributed by atoms with Crippen molar-refractivity contribution < 1.29 is 19.4 Å². The van der Waals surface area contributed by atoms with Crippen LogP contribution in [0, 0.1) is 0 Å². The molecule has 5 nitrogen and oxygen atoms in total. The molecule has 0 amide bonds. The van der Waals surface area contributed by atoms with E-state index in [1.54, 1.807) is 0 Å². The van der Waals surface area contributed by atoms with E-state index in [1.807, 2.05) is 18.2 Å². The normalized spacial score (nSPS) is 17.7. The van der Waals surface area contributed by atoms with Gasteiger partial charge in [0.05, 0.1) is 0 Å². The molecule has 5 heteroatoms. The number of H-pyrrole nitrogens is 1. The van der Waals surface area contributed by atoms with Crippen LogP contribution in [-0.4, -0.2) is 28.1 Å². The lowest BCUT2D eigenvalue weighted by Gasteiger charge is -2.22. The van der Waals surface area contributed by atoms with Gasteiger partial charge in [0.1, 0.15) is 12.5 Å². The number of benzene rings is 1. The van der Waals surface area contributed by atoms with Gasteiger partial charge in [-0.25, -0.2) is 0 Å². The van der Waals surface area contributed by atoms with E-state index >= 15 is 0 Å². The Morgan fingerprint density at radius 2 is 2.15 bits per heavy atom. The van der Waals surface area contributed by atoms with E-state index in [9.17, 15) is 9.59 Å². The molecule has 3 rings (SSSR count). The molecule has 1 heterocycles. The molecule has 0 radical (unpaired) electrons. The Bertz CT molecular complexity index is 674. The van der Waals surface area contributed by atoms with Crippen molar-refractivity contribution in [3.8, 4) is 0 Å². The number of aromatic nitrogens is 1. The maximum Gasteiger partial charge on any atom is 0.317 e. The van der Waals surface area contributed by atoms with Crippen LogP contribution in [0.5, 0.6) is 0 Å². The monoisotopic (exact) mass is 273 g/mol. The van der Waals surface area contributed by atoms with E-state index < -0.39 is 18.4 Å². The highest BCUT2D eigenvalue weighted by atomic mass is 16.5. The molecule has 0 aliphatic heterocycles. The molecule has 1 aromatic heterocycles. The summed E-state index contributed by atoms with van der Waals surface area (Å²) in [6.45, 7) is 0. The second kappa shape index (κ2) is 5.00. The summed E-state index contributed by atoms with van der Waals surface area (Å²) >= 11 is 0. The number of fused-ring (bicyclic) bond motifs is 3. The number of carboxylic acids is 1. The quantitative estimate of drug-likeness (QED) is 0.662. The number of esters is 1. The number of hydrogen-bond donors (Lipinski definition) is 2. The fourth-order valence-electron chi connectivity index (χ4n) is 2.80. The van der Waals surface area contributed by atoms with E-state index in [4.69, 9.17) is 9.84 Å². The lowest BCUT2D eigenvalue weighted by molar-refractivity contribution is -0.155. The average Bonchev–Trinajstić information content (AvgIpc) is 2.75. The summed E-state index contributed by atoms with van der Waals surface area (Å²) in [4.78, 5) is 25.2. The highest BCUT2D eigenvalue weighted by molar-refractivity contribution is 5.90. The second-order valence-corrected chi connectivity index (χ2v) is 5.05. The van der Waals surface area contributed by atoms with Crippen molar-refractivity contribution in [3.63, 3.8) is 0 Å². The first-order valence-electron chi connectivity index (χ1n) is 6.63. The van der Waals surface area contributed by atoms with Crippen LogP contribution >= 0.6 is 0 Å². The van der Waals surface area contributed by atoms with E-state index in [0.717, 1.165) is 24.1 Å². The van der Waals surface area contributed by atoms with Gasteiger partial charge in [0, 0.05) is 23.0 Å². The van der Waals surface area contributed by atoms with Crippen molar-refractivity contribution >= 4 is 22.8 Å². The van der Waals surface area contributed by atoms with Crippen LogP contribution in [0.25, 0.3) is 10.9 Å². The van der Waals surface area contributed by atoms with Crippen LogP contribution in [0.3, 0.4) is 0 Å². The third kappa shape index (κ3) is 2.39. The largest absolute Gasteiger partial charge is 0.481 e. The fraction of sp³-hybridized carbons (Fsp3) is 0.333. The van der Waals surface area contributed by atoms with Gasteiger partial charge < -0.3 is 14.8 Å². The lowest BCUT2D eigenvalue weighted by Crippen LogP contribution is -2.26. The summed E-state index contributed by atoms with van der Waals surface area (Å²) in [6.07, 6.45) is 1.39. The molecule has 1 atom stereocenters. The van der Waals surface area contributed by atoms with Gasteiger partial charge >= 0.3 is 11.9 Å². The Morgan fingerprint density at radius 1 is 1.35 bits per heavy atom. The molecule has 2 N–H and O–H groups in total. The first kappa shape index (κ1) is 12.7. The standard InChI is InChI=1S/C15H15NO4/c17-14(18)8-15(19)20-9-5-6-11-10-3-1-2-4-12(10)16-13(11)7-9/h1-4,9,16H,5-8H2,(H,17,18). The number of rotatable bonds is 3. The summed E-state index contributed by atoms with van der Waals surface area (Å²) in [6, 6.07) is 8.10. The number of carbonyl (C=O) groups excluding carboxylic acids is 1. The number of nitrogens with one attached hydrogen (secondary N) is 1. The highest BCUT2D eigenvalue weighted by Crippen LogP contribution is 2.30. The molecule has 0 saturated heterocycles. The number of aromatic amines is 1. The number of carboxylic acid groups (broad SMARTS) is 1. The SMILES string of the molecule is O=C(O)CC(=O)OC1CCc2c([nH]c3ccccc23)C1. The molecule has 0 fully saturated rings. The van der Waals surface area contributed by atoms with Crippen LogP contribution in [0.4, 0.5) is 0 Å². The van der Waals surface area contributed by atoms with Gasteiger partial charge in [-0.15, -0.1) is 0 Å². The highest BCUT2D eigenvalue weighted by Gasteiger charge is 2.25. The third-order valence-electron chi connectivity index (χ3n) is 3.64. The van der Waals surface area contributed by atoms with Crippen LogP contribution < -0.4 is 0 Å². The van der Waals surface area contributed by atoms with Crippen molar-refractivity contribution in [1.29, 1.82) is 0 Å². The van der Waals surface area contributed by atoms with Gasteiger partial charge in [0.15, 0.2) is 0 Å². The average molecular weight is 273 g/mol. The maximum absolute atomic E-state index is 11.4. The van der Waals surface area contributed by atoms with Crippen LogP contribution in [0.1, 0.15) is 24.1 Å². The molecule has 1 aliphatic carbocycles. The van der Waals surface area contributed by atoms with Gasteiger partial charge in [0.25, 0.3) is 0 Å². The Kier molecular flexibility index (Phi) is 3.18. The van der Waals surface area contributed by atoms with Gasteiger partial charge in [0.2, 0.25) is 0 Å². The van der Waals surface area contributed by atoms with Crippen LogP contribution in [-0.2, 0) is 27.2 Å². The lowest BCUT2D eigenvalue weighted by atomic mass is 9.93. The zero-order chi connectivity index (χ0) is 14.1. The molecule has 2 aromatic rings. The minimum absolute atomic E-state index is 0.234. The fourth-order valence-corrected chi connectivity index (χ4v) is 2.80. The van der Waals surface area contributed by atoms with Gasteiger partial charge in [-0.05, 0) is 24.5 Å². The van der Waals surface area contributed by atoms with Crippen molar-refractivity contribution in [2.24, 2.45) is 0 Å². The predicted octanol–water partition coefficient (Wildman–Crippen LogP) is 2.04. The molecule has 1 unspecified atom stereocenters. The molecule has 1 aromatic carbocycles. The number of para-hydroxylation sites is 1. The minimum Gasteiger partial charge on any atom is -0.481 e. The molecule has 0 saturated carbocycles. The van der Waals surface area contributed by atoms with E-state index in [0.29, 0.717) is 6.42 Å². The molecule has 0 bridgehead atoms. The Labute approximate surface area is 115 Å². The van der Waals surface area contributed by atoms with Gasteiger partial charge in [-0.3, -0.25) is 9.59 Å². The van der Waals surface area contributed by atoms with Crippen molar-refractivity contribution in [2.45, 2.75) is 31.8 Å². The predicted molar refractivity (Wildman–Crippen MR) is 72.5 cm³/mol. The van der Waals surface area contributed by atoms with Crippen molar-refractivity contribution in [1.82, 2.24) is 4.98 Å². The molecule has 0 spiro atoms. The Balaban J connectivity index is 1.75. The minimum atomic E-state index is -1.16. The van der Waals surface area contributed by atoms with Crippen molar-refractivity contribution in [3.05, 3.63) is 35.5 Å². The summed E-state index contributed by atoms with van der Waals surface area (Å²) in [5, 5.41) is 9.78. The first-order valence-corrected chi connectivity index (χ1v) is 6.63. The number of hydrogen-bond acceptors (Lipinski definition) is 3. The van der Waals surface area contributed by atoms with Gasteiger partial charge in [-0.1, -0.05) is 18.2 Å². The third-order valence-corrected chi connectivity index (χ3v) is 3.64. The van der Waals surface area contributed by atoms with Crippen LogP contribution in [0.2, 0.25) is 0 Å². The Morgan fingerprint density at radius 3 is 2.95 bits per heavy atom. The number of carbonyl (C=O) groups is 2. The number of aliphatic carboxylic acids is 1. The zero-order valence-corrected chi connectivity index (χ0v) is 10.9.